The van der Waals surface area contributed by atoms with Crippen LogP contribution in [0.2, 0.25) is 0 Å². The average molecular weight is 424 g/mol. The first-order valence-electron chi connectivity index (χ1n) is 10.1. The van der Waals surface area contributed by atoms with E-state index in [4.69, 9.17) is 4.74 Å². The standard InChI is InChI=1S/C23H25N3O3S/c1-15-9-10-16(2)20(12-15)24-21(27)14-30-23-25-19-8-4-3-7-18(19)22(28)26(23)13-17-6-5-11-29-17/h3-4,7-10,12,17H,5-6,11,13-14H2,1-2H3,(H,24,27)/t17-/m1/s1. The number of carbonyl (C=O) groups is 1. The molecule has 2 aromatic carbocycles. The molecule has 0 saturated carbocycles. The van der Waals surface area contributed by atoms with Gasteiger partial charge in [-0.25, -0.2) is 4.98 Å². The zero-order valence-corrected chi connectivity index (χ0v) is 18.0. The minimum absolute atomic E-state index is 0.00813. The van der Waals surface area contributed by atoms with Crippen LogP contribution in [-0.2, 0) is 16.1 Å². The van der Waals surface area contributed by atoms with Gasteiger partial charge >= 0.3 is 0 Å². The third-order valence-electron chi connectivity index (χ3n) is 5.24. The SMILES string of the molecule is Cc1ccc(C)c(NC(=O)CSc2nc3ccccc3c(=O)n2C[C@H]2CCCO2)c1. The molecule has 6 nitrogen and oxygen atoms in total. The molecule has 1 N–H and O–H groups in total. The number of ether oxygens (including phenoxy) is 1. The van der Waals surface area contributed by atoms with Crippen LogP contribution in [0.15, 0.2) is 52.4 Å². The Labute approximate surface area is 179 Å². The van der Waals surface area contributed by atoms with Crippen molar-refractivity contribution in [3.05, 3.63) is 63.9 Å². The van der Waals surface area contributed by atoms with Gasteiger partial charge in [-0.3, -0.25) is 14.2 Å². The van der Waals surface area contributed by atoms with Crippen LogP contribution in [0.3, 0.4) is 0 Å². The zero-order chi connectivity index (χ0) is 21.1. The van der Waals surface area contributed by atoms with E-state index in [-0.39, 0.29) is 23.3 Å². The Morgan fingerprint density at radius 2 is 2.10 bits per heavy atom. The Hall–Kier alpha value is -2.64. The topological polar surface area (TPSA) is 73.2 Å². The molecule has 0 spiro atoms. The van der Waals surface area contributed by atoms with Crippen molar-refractivity contribution in [2.45, 2.75) is 44.5 Å². The molecule has 0 bridgehead atoms. The lowest BCUT2D eigenvalue weighted by Crippen LogP contribution is -2.29. The number of aryl methyl sites for hydroxylation is 2. The monoisotopic (exact) mass is 423 g/mol. The Morgan fingerprint density at radius 1 is 1.27 bits per heavy atom. The van der Waals surface area contributed by atoms with Gasteiger partial charge in [0.1, 0.15) is 0 Å². The van der Waals surface area contributed by atoms with Crippen molar-refractivity contribution in [3.63, 3.8) is 0 Å². The highest BCUT2D eigenvalue weighted by Crippen LogP contribution is 2.22. The van der Waals surface area contributed by atoms with Crippen LogP contribution in [0.5, 0.6) is 0 Å². The molecular weight excluding hydrogens is 398 g/mol. The summed E-state index contributed by atoms with van der Waals surface area (Å²) in [7, 11) is 0. The summed E-state index contributed by atoms with van der Waals surface area (Å²) in [5, 5.41) is 4.10. The number of benzene rings is 2. The number of hydrogen-bond acceptors (Lipinski definition) is 5. The Balaban J connectivity index is 1.56. The van der Waals surface area contributed by atoms with Crippen molar-refractivity contribution >= 4 is 34.3 Å². The summed E-state index contributed by atoms with van der Waals surface area (Å²) in [6, 6.07) is 13.3. The van der Waals surface area contributed by atoms with E-state index < -0.39 is 0 Å². The van der Waals surface area contributed by atoms with Crippen molar-refractivity contribution in [2.75, 3.05) is 17.7 Å². The molecule has 2 heterocycles. The van der Waals surface area contributed by atoms with Crippen molar-refractivity contribution in [1.82, 2.24) is 9.55 Å². The maximum atomic E-state index is 13.1. The third kappa shape index (κ3) is 4.57. The van der Waals surface area contributed by atoms with E-state index in [1.54, 1.807) is 10.6 Å². The number of nitrogens with zero attached hydrogens (tertiary/aromatic N) is 2. The first-order valence-corrected chi connectivity index (χ1v) is 11.1. The Bertz CT molecular complexity index is 1140. The largest absolute Gasteiger partial charge is 0.376 e. The van der Waals surface area contributed by atoms with Crippen LogP contribution in [0, 0.1) is 13.8 Å². The van der Waals surface area contributed by atoms with E-state index in [2.05, 4.69) is 10.3 Å². The second-order valence-corrected chi connectivity index (χ2v) is 8.56. The number of aromatic nitrogens is 2. The van der Waals surface area contributed by atoms with Gasteiger partial charge in [0.25, 0.3) is 5.56 Å². The van der Waals surface area contributed by atoms with Crippen molar-refractivity contribution in [3.8, 4) is 0 Å². The lowest BCUT2D eigenvalue weighted by atomic mass is 10.1. The van der Waals surface area contributed by atoms with Crippen LogP contribution < -0.4 is 10.9 Å². The maximum absolute atomic E-state index is 13.1. The minimum Gasteiger partial charge on any atom is -0.376 e. The van der Waals surface area contributed by atoms with Gasteiger partial charge in [-0.1, -0.05) is 36.0 Å². The molecule has 4 rings (SSSR count). The molecule has 7 heteroatoms. The van der Waals surface area contributed by atoms with E-state index in [0.717, 1.165) is 36.3 Å². The van der Waals surface area contributed by atoms with Crippen molar-refractivity contribution in [2.24, 2.45) is 0 Å². The van der Waals surface area contributed by atoms with Gasteiger partial charge in [-0.05, 0) is 56.0 Å². The number of para-hydroxylation sites is 1. The van der Waals surface area contributed by atoms with Crippen LogP contribution >= 0.6 is 11.8 Å². The molecule has 1 aliphatic rings. The number of anilines is 1. The van der Waals surface area contributed by atoms with E-state index in [0.29, 0.717) is 22.6 Å². The number of hydrogen-bond donors (Lipinski definition) is 1. The fourth-order valence-electron chi connectivity index (χ4n) is 3.60. The fraction of sp³-hybridized carbons (Fsp3) is 0.348. The van der Waals surface area contributed by atoms with Gasteiger partial charge in [0.2, 0.25) is 5.91 Å². The summed E-state index contributed by atoms with van der Waals surface area (Å²) in [6.45, 7) is 5.14. The molecule has 156 valence electrons. The highest BCUT2D eigenvalue weighted by molar-refractivity contribution is 7.99. The van der Waals surface area contributed by atoms with Crippen LogP contribution in [0.1, 0.15) is 24.0 Å². The molecular formula is C23H25N3O3S. The molecule has 1 aliphatic heterocycles. The van der Waals surface area contributed by atoms with Crippen molar-refractivity contribution in [1.29, 1.82) is 0 Å². The lowest BCUT2D eigenvalue weighted by Gasteiger charge is -2.16. The molecule has 0 unspecified atom stereocenters. The Kier molecular flexibility index (Phi) is 6.20. The second kappa shape index (κ2) is 9.02. The van der Waals surface area contributed by atoms with Gasteiger partial charge in [-0.2, -0.15) is 0 Å². The number of rotatable bonds is 6. The van der Waals surface area contributed by atoms with Crippen LogP contribution in [-0.4, -0.2) is 33.9 Å². The molecule has 1 atom stereocenters. The number of thioether (sulfide) groups is 1. The molecule has 1 amide bonds. The predicted octanol–water partition coefficient (Wildman–Crippen LogP) is 3.92. The quantitative estimate of drug-likeness (QED) is 0.480. The number of carbonyl (C=O) groups excluding carboxylic acids is 1. The molecule has 0 radical (unpaired) electrons. The smallest absolute Gasteiger partial charge is 0.262 e. The second-order valence-electron chi connectivity index (χ2n) is 7.62. The van der Waals surface area contributed by atoms with Gasteiger partial charge in [0.15, 0.2) is 5.16 Å². The molecule has 0 aliphatic carbocycles. The summed E-state index contributed by atoms with van der Waals surface area (Å²) in [5.74, 6) is 0.0451. The van der Waals surface area contributed by atoms with E-state index in [1.807, 2.05) is 50.2 Å². The molecule has 30 heavy (non-hydrogen) atoms. The predicted molar refractivity (Wildman–Crippen MR) is 120 cm³/mol. The van der Waals surface area contributed by atoms with E-state index in [9.17, 15) is 9.59 Å². The van der Waals surface area contributed by atoms with Crippen LogP contribution in [0.25, 0.3) is 10.9 Å². The average Bonchev–Trinajstić information content (AvgIpc) is 3.25. The summed E-state index contributed by atoms with van der Waals surface area (Å²) >= 11 is 1.28. The number of fused-ring (bicyclic) bond motifs is 1. The highest BCUT2D eigenvalue weighted by Gasteiger charge is 2.20. The van der Waals surface area contributed by atoms with Gasteiger partial charge in [-0.15, -0.1) is 0 Å². The zero-order valence-electron chi connectivity index (χ0n) is 17.2. The summed E-state index contributed by atoms with van der Waals surface area (Å²) in [5.41, 5.74) is 3.46. The normalized spacial score (nSPS) is 16.1. The molecule has 3 aromatic rings. The molecule has 1 saturated heterocycles. The summed E-state index contributed by atoms with van der Waals surface area (Å²) < 4.78 is 7.39. The highest BCUT2D eigenvalue weighted by atomic mass is 32.2. The molecule has 1 aromatic heterocycles. The van der Waals surface area contributed by atoms with Gasteiger partial charge < -0.3 is 10.1 Å². The minimum atomic E-state index is -0.125. The first-order chi connectivity index (χ1) is 14.5. The van der Waals surface area contributed by atoms with Gasteiger partial charge in [0.05, 0.1) is 29.3 Å². The summed E-state index contributed by atoms with van der Waals surface area (Å²) in [6.07, 6.45) is 1.94. The van der Waals surface area contributed by atoms with Crippen LogP contribution in [0.4, 0.5) is 5.69 Å². The van der Waals surface area contributed by atoms with E-state index >= 15 is 0 Å². The van der Waals surface area contributed by atoms with Gasteiger partial charge in [0, 0.05) is 12.3 Å². The molecule has 1 fully saturated rings. The third-order valence-corrected chi connectivity index (χ3v) is 6.21. The number of amides is 1. The summed E-state index contributed by atoms with van der Waals surface area (Å²) in [4.78, 5) is 30.4. The fourth-order valence-corrected chi connectivity index (χ4v) is 4.41. The first kappa shape index (κ1) is 20.6. The lowest BCUT2D eigenvalue weighted by molar-refractivity contribution is -0.113. The van der Waals surface area contributed by atoms with Crippen molar-refractivity contribution < 1.29 is 9.53 Å². The maximum Gasteiger partial charge on any atom is 0.262 e. The van der Waals surface area contributed by atoms with E-state index in [1.165, 1.54) is 11.8 Å². The number of nitrogens with one attached hydrogen (secondary N) is 1. The Morgan fingerprint density at radius 3 is 2.90 bits per heavy atom.